The fourth-order valence-corrected chi connectivity index (χ4v) is 3.12. The van der Waals surface area contributed by atoms with Crippen LogP contribution in [0, 0.1) is 0 Å². The van der Waals surface area contributed by atoms with Gasteiger partial charge in [0.15, 0.2) is 0 Å². The molecule has 0 aliphatic carbocycles. The number of fused-ring (bicyclic) bond motifs is 4. The second kappa shape index (κ2) is 6.03. The fraction of sp³-hybridized carbons (Fsp3) is 0.211. The third kappa shape index (κ3) is 2.68. The Morgan fingerprint density at radius 3 is 1.93 bits per heavy atom. The predicted octanol–water partition coefficient (Wildman–Crippen LogP) is 2.24. The number of anilines is 2. The minimum Gasteiger partial charge on any atom is -0.505 e. The summed E-state index contributed by atoms with van der Waals surface area (Å²) in [4.78, 5) is 18.4. The van der Waals surface area contributed by atoms with E-state index in [0.29, 0.717) is 23.3 Å². The van der Waals surface area contributed by atoms with Crippen molar-refractivity contribution < 1.29 is 9.84 Å². The van der Waals surface area contributed by atoms with Crippen molar-refractivity contribution in [2.24, 2.45) is 0 Å². The minimum absolute atomic E-state index is 0.0949. The van der Waals surface area contributed by atoms with E-state index in [1.165, 1.54) is 0 Å². The summed E-state index contributed by atoms with van der Waals surface area (Å²) in [7, 11) is 7.39. The molecule has 2 aromatic carbocycles. The molecule has 10 nitrogen and oxygen atoms in total. The van der Waals surface area contributed by atoms with Gasteiger partial charge in [-0.15, -0.1) is 14.1 Å². The Labute approximate surface area is 166 Å². The second-order valence-electron chi connectivity index (χ2n) is 7.12. The van der Waals surface area contributed by atoms with Crippen molar-refractivity contribution in [1.82, 2.24) is 29.0 Å². The van der Waals surface area contributed by atoms with Gasteiger partial charge in [-0.05, 0) is 24.3 Å². The maximum Gasteiger partial charge on any atom is 0.328 e. The molecule has 0 saturated heterocycles. The maximum absolute atomic E-state index is 10.6. The molecule has 5 aromatic rings. The zero-order chi connectivity index (χ0) is 20.3. The second-order valence-corrected chi connectivity index (χ2v) is 7.12. The van der Waals surface area contributed by atoms with Crippen molar-refractivity contribution in [3.63, 3.8) is 0 Å². The van der Waals surface area contributed by atoms with Crippen LogP contribution >= 0.6 is 0 Å². The average molecular weight is 392 g/mol. The first-order valence-electron chi connectivity index (χ1n) is 9.05. The van der Waals surface area contributed by atoms with Gasteiger partial charge in [-0.1, -0.05) is 12.1 Å². The molecule has 0 spiro atoms. The predicted molar refractivity (Wildman–Crippen MR) is 109 cm³/mol. The van der Waals surface area contributed by atoms with Crippen molar-refractivity contribution >= 4 is 22.9 Å². The Morgan fingerprint density at radius 2 is 1.41 bits per heavy atom. The lowest BCUT2D eigenvalue weighted by Crippen LogP contribution is -2.19. The molecule has 5 rings (SSSR count). The van der Waals surface area contributed by atoms with Crippen LogP contribution in [0.3, 0.4) is 0 Å². The molecule has 0 atom stereocenters. The lowest BCUT2D eigenvalue weighted by Gasteiger charge is -2.16. The number of rotatable bonds is 5. The van der Waals surface area contributed by atoms with Crippen LogP contribution in [0.15, 0.2) is 42.5 Å². The standard InChI is InChI=1S/C19H20N8O2/c1-23(2)17-20-18(24(3)4)22-19(21-17)29-12-9-10-15(16(28)11-12)27-25-13-7-5-6-8-14(13)26(25)27/h5-11,28H,1-4H3. The molecule has 3 heterocycles. The topological polar surface area (TPSA) is 88.4 Å². The molecule has 3 aromatic heterocycles. The number of nitrogens with zero attached hydrogens (tertiary/aromatic N) is 8. The average Bonchev–Trinajstić information content (AvgIpc) is 3.34. The molecule has 0 unspecified atom stereocenters. The lowest BCUT2D eigenvalue weighted by atomic mass is 10.3. The molecule has 148 valence electrons. The Balaban J connectivity index is 1.46. The summed E-state index contributed by atoms with van der Waals surface area (Å²) in [5.74, 6) is 1.50. The summed E-state index contributed by atoms with van der Waals surface area (Å²) in [6, 6.07) is 13.3. The van der Waals surface area contributed by atoms with Gasteiger partial charge in [-0.2, -0.15) is 15.0 Å². The van der Waals surface area contributed by atoms with Crippen LogP contribution in [0.25, 0.3) is 16.7 Å². The van der Waals surface area contributed by atoms with E-state index in [2.05, 4.69) is 15.0 Å². The van der Waals surface area contributed by atoms with Gasteiger partial charge in [0.05, 0.1) is 0 Å². The van der Waals surface area contributed by atoms with Crippen LogP contribution in [-0.2, 0) is 0 Å². The molecule has 0 bridgehead atoms. The molecule has 0 aliphatic rings. The highest BCUT2D eigenvalue weighted by atomic mass is 16.5. The van der Waals surface area contributed by atoms with Gasteiger partial charge in [0, 0.05) is 34.3 Å². The van der Waals surface area contributed by atoms with Crippen molar-refractivity contribution in [2.75, 3.05) is 38.0 Å². The van der Waals surface area contributed by atoms with Gasteiger partial charge in [0.25, 0.3) is 0 Å². The quantitative estimate of drug-likeness (QED) is 0.491. The summed E-state index contributed by atoms with van der Waals surface area (Å²) in [5.41, 5.74) is 2.86. The van der Waals surface area contributed by atoms with Gasteiger partial charge in [-0.25, -0.2) is 0 Å². The number of hydrogen-bond acceptors (Lipinski definition) is 7. The SMILES string of the molecule is CN(C)c1nc(Oc2ccc(-n3n4c5ccccc5n34)c(O)c2)nc(N(C)C)n1. The molecule has 10 heteroatoms. The van der Waals surface area contributed by atoms with Crippen LogP contribution in [0.1, 0.15) is 0 Å². The zero-order valence-corrected chi connectivity index (χ0v) is 16.5. The number of benzene rings is 2. The minimum atomic E-state index is 0.0949. The Morgan fingerprint density at radius 1 is 0.828 bits per heavy atom. The van der Waals surface area contributed by atoms with Gasteiger partial charge in [-0.3, -0.25) is 0 Å². The van der Waals surface area contributed by atoms with Gasteiger partial charge in [0.2, 0.25) is 11.9 Å². The fourth-order valence-electron chi connectivity index (χ4n) is 3.12. The van der Waals surface area contributed by atoms with Crippen molar-refractivity contribution in [3.8, 4) is 23.2 Å². The summed E-state index contributed by atoms with van der Waals surface area (Å²) in [5, 5.41) is 10.6. The molecule has 0 fully saturated rings. The number of hydrogen-bond donors (Lipinski definition) is 1. The maximum atomic E-state index is 10.6. The third-order valence-corrected chi connectivity index (χ3v) is 4.58. The van der Waals surface area contributed by atoms with Gasteiger partial charge >= 0.3 is 6.01 Å². The Kier molecular flexibility index (Phi) is 3.57. The monoisotopic (exact) mass is 392 g/mol. The van der Waals surface area contributed by atoms with E-state index in [9.17, 15) is 5.11 Å². The number of para-hydroxylation sites is 2. The first kappa shape index (κ1) is 17.2. The van der Waals surface area contributed by atoms with E-state index in [1.807, 2.05) is 66.5 Å². The summed E-state index contributed by atoms with van der Waals surface area (Å²) >= 11 is 0. The highest BCUT2D eigenvalue weighted by Crippen LogP contribution is 2.33. The van der Waals surface area contributed by atoms with Crippen LogP contribution in [0.4, 0.5) is 11.9 Å². The van der Waals surface area contributed by atoms with Crippen molar-refractivity contribution in [1.29, 1.82) is 0 Å². The number of phenols is 1. The smallest absolute Gasteiger partial charge is 0.328 e. The van der Waals surface area contributed by atoms with Crippen LogP contribution in [0.5, 0.6) is 17.5 Å². The van der Waals surface area contributed by atoms with E-state index in [1.54, 1.807) is 28.0 Å². The number of aromatic hydroxyl groups is 1. The van der Waals surface area contributed by atoms with Crippen molar-refractivity contribution in [2.45, 2.75) is 0 Å². The molecule has 0 saturated carbocycles. The van der Waals surface area contributed by atoms with E-state index in [0.717, 1.165) is 11.0 Å². The first-order chi connectivity index (χ1) is 13.9. The summed E-state index contributed by atoms with van der Waals surface area (Å²) in [6.07, 6.45) is 0. The molecule has 29 heavy (non-hydrogen) atoms. The van der Waals surface area contributed by atoms with Gasteiger partial charge in [0.1, 0.15) is 28.2 Å². The number of ether oxygens (including phenoxy) is 1. The number of phenolic OH excluding ortho intramolecular Hbond substituents is 1. The highest BCUT2D eigenvalue weighted by Gasteiger charge is 2.25. The molecule has 1 N–H and O–H groups in total. The highest BCUT2D eigenvalue weighted by molar-refractivity contribution is 5.79. The van der Waals surface area contributed by atoms with E-state index < -0.39 is 0 Å². The van der Waals surface area contributed by atoms with Crippen molar-refractivity contribution in [3.05, 3.63) is 42.5 Å². The molecular formula is C19H20N8O2. The normalized spacial score (nSPS) is 11.6. The lowest BCUT2D eigenvalue weighted by molar-refractivity contribution is 0.428. The molecule has 0 aliphatic heterocycles. The summed E-state index contributed by atoms with van der Waals surface area (Å²) < 4.78 is 9.76. The third-order valence-electron chi connectivity index (χ3n) is 4.58. The Hall–Kier alpha value is -3.95. The van der Waals surface area contributed by atoms with Gasteiger partial charge < -0.3 is 19.6 Å². The van der Waals surface area contributed by atoms with E-state index >= 15 is 0 Å². The number of aromatic nitrogens is 6. The van der Waals surface area contributed by atoms with Crippen LogP contribution in [-0.4, -0.2) is 62.3 Å². The summed E-state index contributed by atoms with van der Waals surface area (Å²) in [6.45, 7) is 0. The molecule has 0 radical (unpaired) electrons. The molecule has 0 amide bonds. The first-order valence-corrected chi connectivity index (χ1v) is 9.05. The van der Waals surface area contributed by atoms with Crippen LogP contribution < -0.4 is 14.5 Å². The Bertz CT molecular complexity index is 1240. The van der Waals surface area contributed by atoms with E-state index in [4.69, 9.17) is 4.74 Å². The zero-order valence-electron chi connectivity index (χ0n) is 16.5. The largest absolute Gasteiger partial charge is 0.505 e. The molecular weight excluding hydrogens is 372 g/mol. The van der Waals surface area contributed by atoms with Crippen LogP contribution in [0.2, 0.25) is 0 Å². The van der Waals surface area contributed by atoms with E-state index in [-0.39, 0.29) is 11.8 Å².